The number of carbonyl (C=O) groups excluding carboxylic acids is 1. The van der Waals surface area contributed by atoms with Crippen molar-refractivity contribution in [3.05, 3.63) is 12.2 Å². The zero-order valence-corrected chi connectivity index (χ0v) is 18.2. The van der Waals surface area contributed by atoms with Gasteiger partial charge in [-0.1, -0.05) is 12.2 Å². The van der Waals surface area contributed by atoms with Crippen molar-refractivity contribution < 1.29 is 4.79 Å². The summed E-state index contributed by atoms with van der Waals surface area (Å²) in [5.41, 5.74) is 0. The van der Waals surface area contributed by atoms with E-state index in [-0.39, 0.29) is 29.9 Å². The average molecular weight is 463 g/mol. The number of hydrogen-bond acceptors (Lipinski definition) is 3. The van der Waals surface area contributed by atoms with Crippen LogP contribution < -0.4 is 5.32 Å². The highest BCUT2D eigenvalue weighted by Gasteiger charge is 2.21. The lowest BCUT2D eigenvalue weighted by Gasteiger charge is -2.37. The zero-order chi connectivity index (χ0) is 17.4. The van der Waals surface area contributed by atoms with Gasteiger partial charge >= 0.3 is 0 Å². The van der Waals surface area contributed by atoms with E-state index in [9.17, 15) is 4.79 Å². The van der Waals surface area contributed by atoms with Gasteiger partial charge in [-0.05, 0) is 25.2 Å². The summed E-state index contributed by atoms with van der Waals surface area (Å²) in [5, 5.41) is 3.55. The minimum Gasteiger partial charge on any atom is -0.356 e. The van der Waals surface area contributed by atoms with Crippen LogP contribution in [-0.2, 0) is 4.79 Å². The fourth-order valence-corrected chi connectivity index (χ4v) is 3.27. The molecule has 0 bridgehead atoms. The predicted molar refractivity (Wildman–Crippen MR) is 115 cm³/mol. The average Bonchev–Trinajstić information content (AvgIpc) is 2.62. The van der Waals surface area contributed by atoms with Crippen LogP contribution in [-0.4, -0.2) is 87.0 Å². The molecule has 25 heavy (non-hydrogen) atoms. The highest BCUT2D eigenvalue weighted by atomic mass is 127. The second kappa shape index (κ2) is 11.7. The second-order valence-electron chi connectivity index (χ2n) is 6.95. The van der Waals surface area contributed by atoms with Crippen molar-refractivity contribution in [3.8, 4) is 0 Å². The van der Waals surface area contributed by atoms with Crippen LogP contribution in [0.25, 0.3) is 0 Å². The van der Waals surface area contributed by atoms with E-state index in [1.54, 1.807) is 4.90 Å². The first-order valence-corrected chi connectivity index (χ1v) is 9.13. The maximum absolute atomic E-state index is 11.7. The number of amides is 1. The number of rotatable bonds is 5. The maximum Gasteiger partial charge on any atom is 0.223 e. The molecule has 2 aliphatic rings. The highest BCUT2D eigenvalue weighted by molar-refractivity contribution is 14.0. The molecule has 144 valence electrons. The number of nitrogens with one attached hydrogen (secondary N) is 1. The summed E-state index contributed by atoms with van der Waals surface area (Å²) in [4.78, 5) is 22.5. The summed E-state index contributed by atoms with van der Waals surface area (Å²) in [6.45, 7) is 5.79. The van der Waals surface area contributed by atoms with Gasteiger partial charge < -0.3 is 15.1 Å². The van der Waals surface area contributed by atoms with Gasteiger partial charge in [0.2, 0.25) is 5.91 Å². The van der Waals surface area contributed by atoms with Crippen LogP contribution >= 0.6 is 24.0 Å². The molecule has 1 N–H and O–H groups in total. The van der Waals surface area contributed by atoms with Gasteiger partial charge in [0.05, 0.1) is 0 Å². The van der Waals surface area contributed by atoms with E-state index < -0.39 is 0 Å². The summed E-state index contributed by atoms with van der Waals surface area (Å²) in [6, 6.07) is 0. The van der Waals surface area contributed by atoms with Crippen molar-refractivity contribution in [1.82, 2.24) is 20.0 Å². The van der Waals surface area contributed by atoms with Crippen LogP contribution in [0.4, 0.5) is 0 Å². The molecule has 1 heterocycles. The maximum atomic E-state index is 11.7. The molecule has 1 aliphatic heterocycles. The monoisotopic (exact) mass is 463 g/mol. The molecule has 1 atom stereocenters. The summed E-state index contributed by atoms with van der Waals surface area (Å²) in [5.74, 6) is 1.95. The molecule has 2 rings (SSSR count). The molecule has 1 saturated heterocycles. The van der Waals surface area contributed by atoms with Crippen LogP contribution in [0, 0.1) is 5.92 Å². The van der Waals surface area contributed by atoms with Gasteiger partial charge in [0, 0.05) is 66.8 Å². The summed E-state index contributed by atoms with van der Waals surface area (Å²) >= 11 is 0. The van der Waals surface area contributed by atoms with E-state index in [1.807, 2.05) is 21.1 Å². The molecule has 6 nitrogen and oxygen atoms in total. The molecule has 0 aromatic carbocycles. The summed E-state index contributed by atoms with van der Waals surface area (Å²) < 4.78 is 0. The van der Waals surface area contributed by atoms with E-state index in [2.05, 4.69) is 32.3 Å². The first-order chi connectivity index (χ1) is 11.6. The van der Waals surface area contributed by atoms with Crippen molar-refractivity contribution >= 4 is 35.8 Å². The van der Waals surface area contributed by atoms with E-state index >= 15 is 0 Å². The standard InChI is InChI=1S/C18H33N5O.HI/c1-19-18(20-15-16-7-5-4-6-8-16)23-13-11-22(12-14-23)10-9-17(24)21(2)3;/h4-5,16H,6-15H2,1-3H3,(H,19,20);1H. The van der Waals surface area contributed by atoms with Gasteiger partial charge in [0.15, 0.2) is 5.96 Å². The van der Waals surface area contributed by atoms with Crippen molar-refractivity contribution in [1.29, 1.82) is 0 Å². The molecule has 0 aromatic rings. The Morgan fingerprint density at radius 2 is 1.96 bits per heavy atom. The number of halogens is 1. The third-order valence-electron chi connectivity index (χ3n) is 4.95. The lowest BCUT2D eigenvalue weighted by molar-refractivity contribution is -0.129. The van der Waals surface area contributed by atoms with Crippen LogP contribution in [0.2, 0.25) is 0 Å². The minimum absolute atomic E-state index is 0. The highest BCUT2D eigenvalue weighted by Crippen LogP contribution is 2.17. The Labute approximate surface area is 169 Å². The molecular formula is C18H34IN5O. The van der Waals surface area contributed by atoms with Gasteiger partial charge in [0.25, 0.3) is 0 Å². The van der Waals surface area contributed by atoms with Gasteiger partial charge in [0.1, 0.15) is 0 Å². The Balaban J connectivity index is 0.00000312. The van der Waals surface area contributed by atoms with Gasteiger partial charge in [-0.3, -0.25) is 14.7 Å². The number of piperazine rings is 1. The molecular weight excluding hydrogens is 429 g/mol. The number of guanidine groups is 1. The summed E-state index contributed by atoms with van der Waals surface area (Å²) in [7, 11) is 5.50. The lowest BCUT2D eigenvalue weighted by Crippen LogP contribution is -2.53. The van der Waals surface area contributed by atoms with E-state index in [1.165, 1.54) is 19.3 Å². The van der Waals surface area contributed by atoms with E-state index in [4.69, 9.17) is 0 Å². The van der Waals surface area contributed by atoms with Crippen LogP contribution in [0.1, 0.15) is 25.7 Å². The second-order valence-corrected chi connectivity index (χ2v) is 6.95. The lowest BCUT2D eigenvalue weighted by atomic mass is 9.94. The van der Waals surface area contributed by atoms with Crippen molar-refractivity contribution in [2.24, 2.45) is 10.9 Å². The molecule has 1 aliphatic carbocycles. The Bertz CT molecular complexity index is 458. The number of hydrogen-bond donors (Lipinski definition) is 1. The van der Waals surface area contributed by atoms with Gasteiger partial charge in [-0.15, -0.1) is 24.0 Å². The van der Waals surface area contributed by atoms with Crippen LogP contribution in [0.15, 0.2) is 17.1 Å². The first-order valence-electron chi connectivity index (χ1n) is 9.13. The molecule has 0 spiro atoms. The van der Waals surface area contributed by atoms with Crippen molar-refractivity contribution in [3.63, 3.8) is 0 Å². The number of carbonyl (C=O) groups is 1. The largest absolute Gasteiger partial charge is 0.356 e. The first kappa shape index (κ1) is 22.2. The third-order valence-corrected chi connectivity index (χ3v) is 4.95. The molecule has 1 unspecified atom stereocenters. The zero-order valence-electron chi connectivity index (χ0n) is 15.9. The third kappa shape index (κ3) is 7.52. The molecule has 0 radical (unpaired) electrons. The Morgan fingerprint density at radius 3 is 2.52 bits per heavy atom. The molecule has 0 saturated carbocycles. The smallest absolute Gasteiger partial charge is 0.223 e. The van der Waals surface area contributed by atoms with Gasteiger partial charge in [-0.2, -0.15) is 0 Å². The summed E-state index contributed by atoms with van der Waals surface area (Å²) in [6.07, 6.45) is 8.84. The normalized spacial score (nSPS) is 21.6. The van der Waals surface area contributed by atoms with Gasteiger partial charge in [-0.25, -0.2) is 0 Å². The molecule has 0 aromatic heterocycles. The van der Waals surface area contributed by atoms with E-state index in [0.717, 1.165) is 51.1 Å². The molecule has 7 heteroatoms. The van der Waals surface area contributed by atoms with Crippen molar-refractivity contribution in [2.45, 2.75) is 25.7 Å². The van der Waals surface area contributed by atoms with E-state index in [0.29, 0.717) is 6.42 Å². The van der Waals surface area contributed by atoms with Crippen LogP contribution in [0.5, 0.6) is 0 Å². The molecule has 1 amide bonds. The minimum atomic E-state index is 0. The fraction of sp³-hybridized carbons (Fsp3) is 0.778. The SMILES string of the molecule is CN=C(NCC1CC=CCC1)N1CCN(CCC(=O)N(C)C)CC1.I. The fourth-order valence-electron chi connectivity index (χ4n) is 3.27. The van der Waals surface area contributed by atoms with Crippen molar-refractivity contribution in [2.75, 3.05) is 60.4 Å². The quantitative estimate of drug-likeness (QED) is 0.292. The topological polar surface area (TPSA) is 51.2 Å². The predicted octanol–water partition coefficient (Wildman–Crippen LogP) is 1.63. The number of allylic oxidation sites excluding steroid dienone is 2. The Kier molecular flexibility index (Phi) is 10.4. The Morgan fingerprint density at radius 1 is 1.24 bits per heavy atom. The van der Waals surface area contributed by atoms with Crippen LogP contribution in [0.3, 0.4) is 0 Å². The number of aliphatic imine (C=N–C) groups is 1. The molecule has 1 fully saturated rings. The Hall–Kier alpha value is -0.830. The number of nitrogens with zero attached hydrogens (tertiary/aromatic N) is 4.